The van der Waals surface area contributed by atoms with E-state index < -0.39 is 11.9 Å². The van der Waals surface area contributed by atoms with Crippen LogP contribution in [0.5, 0.6) is 0 Å². The van der Waals surface area contributed by atoms with Crippen molar-refractivity contribution in [1.29, 1.82) is 0 Å². The number of hydrogen-bond donors (Lipinski definition) is 2. The molecule has 0 radical (unpaired) electrons. The van der Waals surface area contributed by atoms with E-state index in [4.69, 9.17) is 31.4 Å². The van der Waals surface area contributed by atoms with Crippen LogP contribution in [0.3, 0.4) is 0 Å². The fourth-order valence-electron chi connectivity index (χ4n) is 3.72. The molecule has 8 heteroatoms. The summed E-state index contributed by atoms with van der Waals surface area (Å²) in [6, 6.07) is 15.3. The molecule has 2 aromatic carbocycles. The van der Waals surface area contributed by atoms with E-state index in [-0.39, 0.29) is 10.9 Å². The number of rotatable bonds is 0. The number of benzene rings is 2. The van der Waals surface area contributed by atoms with Crippen LogP contribution in [0.2, 0.25) is 5.02 Å². The quantitative estimate of drug-likeness (QED) is 0.630. The van der Waals surface area contributed by atoms with E-state index in [0.717, 1.165) is 18.1 Å². The van der Waals surface area contributed by atoms with Crippen molar-refractivity contribution < 1.29 is 25.3 Å². The van der Waals surface area contributed by atoms with Gasteiger partial charge in [0, 0.05) is 20.2 Å². The lowest BCUT2D eigenvalue weighted by molar-refractivity contribution is -0.159. The van der Waals surface area contributed by atoms with Gasteiger partial charge in [-0.15, -0.1) is 0 Å². The molecule has 1 saturated heterocycles. The van der Waals surface area contributed by atoms with Gasteiger partial charge >= 0.3 is 11.9 Å². The van der Waals surface area contributed by atoms with Crippen LogP contribution in [0.15, 0.2) is 52.3 Å². The molecule has 2 aliphatic heterocycles. The van der Waals surface area contributed by atoms with E-state index in [1.165, 1.54) is 33.8 Å². The van der Waals surface area contributed by atoms with E-state index in [2.05, 4.69) is 48.3 Å². The fourth-order valence-corrected chi connectivity index (χ4v) is 5.15. The standard InChI is InChI=1S/C18H18ClNS.C2H2O4.H2O/c1-20-10-8-18(9-11-20)14-4-2-3-5-16(14)21-17-7-6-13(19)12-15(17)18;3-1(4)2(5)6;/h2-7,12H,8-11H2,1H3;(H,3,4)(H,5,6);1H2. The van der Waals surface area contributed by atoms with Crippen LogP contribution in [0.4, 0.5) is 0 Å². The zero-order chi connectivity index (χ0) is 19.6. The predicted molar refractivity (Wildman–Crippen MR) is 108 cm³/mol. The Kier molecular flexibility index (Phi) is 7.11. The van der Waals surface area contributed by atoms with Crippen LogP contribution >= 0.6 is 23.4 Å². The number of likely N-dealkylation sites (tertiary alicyclic amines) is 1. The molecule has 0 atom stereocenters. The van der Waals surface area contributed by atoms with Crippen molar-refractivity contribution in [3.63, 3.8) is 0 Å². The summed E-state index contributed by atoms with van der Waals surface area (Å²) in [4.78, 5) is 23.4. The molecule has 1 fully saturated rings. The molecule has 0 saturated carbocycles. The minimum Gasteiger partial charge on any atom is -0.473 e. The highest BCUT2D eigenvalue weighted by molar-refractivity contribution is 7.99. The molecule has 1 spiro atoms. The average molecular weight is 424 g/mol. The molecule has 150 valence electrons. The van der Waals surface area contributed by atoms with Crippen LogP contribution in [0, 0.1) is 0 Å². The van der Waals surface area contributed by atoms with E-state index in [0.29, 0.717) is 0 Å². The minimum absolute atomic E-state index is 0. The van der Waals surface area contributed by atoms with Gasteiger partial charge in [0.05, 0.1) is 0 Å². The Hall–Kier alpha value is -2.06. The Morgan fingerprint density at radius 2 is 1.57 bits per heavy atom. The Balaban J connectivity index is 0.000000353. The first-order chi connectivity index (χ1) is 12.8. The first kappa shape index (κ1) is 22.2. The molecule has 6 nitrogen and oxygen atoms in total. The summed E-state index contributed by atoms with van der Waals surface area (Å²) in [6.45, 7) is 2.29. The van der Waals surface area contributed by atoms with Crippen molar-refractivity contribution in [3.05, 3.63) is 58.6 Å². The molecule has 0 aromatic heterocycles. The average Bonchev–Trinajstić information content (AvgIpc) is 2.65. The van der Waals surface area contributed by atoms with Gasteiger partial charge < -0.3 is 20.6 Å². The van der Waals surface area contributed by atoms with Crippen LogP contribution in [-0.2, 0) is 15.0 Å². The van der Waals surface area contributed by atoms with Crippen molar-refractivity contribution in [2.45, 2.75) is 28.0 Å². The molecule has 2 heterocycles. The maximum atomic E-state index is 9.10. The van der Waals surface area contributed by atoms with Crippen LogP contribution in [-0.4, -0.2) is 52.7 Å². The normalized spacial score (nSPS) is 16.6. The summed E-state index contributed by atoms with van der Waals surface area (Å²) in [5.74, 6) is -3.65. The van der Waals surface area contributed by atoms with Gasteiger partial charge in [0.2, 0.25) is 0 Å². The van der Waals surface area contributed by atoms with Crippen molar-refractivity contribution in [3.8, 4) is 0 Å². The molecule has 2 aliphatic rings. The van der Waals surface area contributed by atoms with Crippen molar-refractivity contribution in [2.75, 3.05) is 20.1 Å². The highest BCUT2D eigenvalue weighted by Gasteiger charge is 2.42. The Morgan fingerprint density at radius 3 is 2.18 bits per heavy atom. The number of nitrogens with zero attached hydrogens (tertiary/aromatic N) is 1. The lowest BCUT2D eigenvalue weighted by Gasteiger charge is -2.45. The van der Waals surface area contributed by atoms with Gasteiger partial charge in [0.1, 0.15) is 0 Å². The Morgan fingerprint density at radius 1 is 1.00 bits per heavy atom. The third-order valence-electron chi connectivity index (χ3n) is 5.10. The summed E-state index contributed by atoms with van der Waals surface area (Å²) in [5, 5.41) is 15.6. The van der Waals surface area contributed by atoms with Gasteiger partial charge in [-0.3, -0.25) is 0 Å². The highest BCUT2D eigenvalue weighted by Crippen LogP contribution is 2.53. The first-order valence-corrected chi connectivity index (χ1v) is 9.75. The van der Waals surface area contributed by atoms with Crippen LogP contribution in [0.25, 0.3) is 0 Å². The summed E-state index contributed by atoms with van der Waals surface area (Å²) in [7, 11) is 2.22. The fraction of sp³-hybridized carbons (Fsp3) is 0.300. The Bertz CT molecular complexity index is 869. The number of aliphatic carboxylic acids is 2. The number of carboxylic acids is 2. The van der Waals surface area contributed by atoms with E-state index in [1.54, 1.807) is 0 Å². The molecule has 0 bridgehead atoms. The monoisotopic (exact) mass is 423 g/mol. The van der Waals surface area contributed by atoms with Crippen LogP contribution < -0.4 is 0 Å². The second-order valence-corrected chi connectivity index (χ2v) is 8.25. The molecule has 0 amide bonds. The molecular weight excluding hydrogens is 402 g/mol. The molecule has 4 rings (SSSR count). The van der Waals surface area contributed by atoms with Crippen molar-refractivity contribution >= 4 is 35.3 Å². The lowest BCUT2D eigenvalue weighted by atomic mass is 9.68. The molecule has 0 aliphatic carbocycles. The first-order valence-electron chi connectivity index (χ1n) is 8.55. The summed E-state index contributed by atoms with van der Waals surface area (Å²) in [6.07, 6.45) is 2.35. The predicted octanol–water partition coefficient (Wildman–Crippen LogP) is 3.15. The summed E-state index contributed by atoms with van der Waals surface area (Å²) >= 11 is 8.20. The SMILES string of the molecule is CN1CCC2(CC1)c1ccccc1Sc1ccc(Cl)cc12.O.O=C(O)C(=O)O. The van der Waals surface area contributed by atoms with Gasteiger partial charge in [0.25, 0.3) is 0 Å². The van der Waals surface area contributed by atoms with Gasteiger partial charge in [-0.2, -0.15) is 0 Å². The number of carboxylic acid groups (broad SMARTS) is 2. The van der Waals surface area contributed by atoms with Gasteiger partial charge in [0.15, 0.2) is 0 Å². The lowest BCUT2D eigenvalue weighted by Crippen LogP contribution is -2.43. The minimum atomic E-state index is -1.82. The smallest absolute Gasteiger partial charge is 0.414 e. The maximum absolute atomic E-state index is 9.10. The molecule has 2 aromatic rings. The number of halogens is 1. The summed E-state index contributed by atoms with van der Waals surface area (Å²) < 4.78 is 0. The molecule has 0 unspecified atom stereocenters. The zero-order valence-corrected chi connectivity index (χ0v) is 16.9. The third-order valence-corrected chi connectivity index (χ3v) is 6.49. The van der Waals surface area contributed by atoms with Gasteiger partial charge in [-0.25, -0.2) is 9.59 Å². The Labute approximate surface area is 172 Å². The number of piperidine rings is 1. The van der Waals surface area contributed by atoms with E-state index >= 15 is 0 Å². The van der Waals surface area contributed by atoms with E-state index in [1.807, 2.05) is 17.8 Å². The van der Waals surface area contributed by atoms with E-state index in [9.17, 15) is 0 Å². The topological polar surface area (TPSA) is 109 Å². The number of fused-ring (bicyclic) bond motifs is 4. The molecule has 4 N–H and O–H groups in total. The third kappa shape index (κ3) is 4.33. The number of hydrogen-bond acceptors (Lipinski definition) is 4. The van der Waals surface area contributed by atoms with Crippen molar-refractivity contribution in [2.24, 2.45) is 0 Å². The second-order valence-electron chi connectivity index (χ2n) is 6.73. The molecule has 28 heavy (non-hydrogen) atoms. The second kappa shape index (κ2) is 8.96. The zero-order valence-electron chi connectivity index (χ0n) is 15.3. The highest BCUT2D eigenvalue weighted by atomic mass is 35.5. The largest absolute Gasteiger partial charge is 0.473 e. The van der Waals surface area contributed by atoms with Crippen molar-refractivity contribution in [1.82, 2.24) is 4.90 Å². The molecular formula is C20H22ClNO5S. The number of carbonyl (C=O) groups is 2. The summed E-state index contributed by atoms with van der Waals surface area (Å²) in [5.41, 5.74) is 3.08. The van der Waals surface area contributed by atoms with Crippen LogP contribution in [0.1, 0.15) is 24.0 Å². The van der Waals surface area contributed by atoms with Gasteiger partial charge in [-0.1, -0.05) is 41.6 Å². The maximum Gasteiger partial charge on any atom is 0.414 e. The van der Waals surface area contributed by atoms with Gasteiger partial charge in [-0.05, 0) is 68.4 Å².